The van der Waals surface area contributed by atoms with Crippen LogP contribution in [0, 0.1) is 5.82 Å². The molecule has 1 saturated heterocycles. The predicted molar refractivity (Wildman–Crippen MR) is 71.1 cm³/mol. The van der Waals surface area contributed by atoms with E-state index in [2.05, 4.69) is 5.32 Å². The summed E-state index contributed by atoms with van der Waals surface area (Å²) < 4.78 is 52.5. The minimum atomic E-state index is -1.77. The predicted octanol–water partition coefficient (Wildman–Crippen LogP) is 2.03. The molecule has 4 nitrogen and oxygen atoms in total. The Balaban J connectivity index is 2.12. The Morgan fingerprint density at radius 3 is 2.76 bits per heavy atom. The van der Waals surface area contributed by atoms with E-state index >= 15 is 0 Å². The number of hydrogen-bond donors (Lipinski definition) is 1. The zero-order chi connectivity index (χ0) is 15.6. The molecular weight excluding hydrogens is 312 g/mol. The zero-order valence-corrected chi connectivity index (χ0v) is 11.5. The molecule has 1 amide bonds. The van der Waals surface area contributed by atoms with Gasteiger partial charge in [0.25, 0.3) is 5.56 Å². The van der Waals surface area contributed by atoms with Crippen LogP contribution in [-0.4, -0.2) is 34.1 Å². The number of rotatable bonds is 4. The Kier molecular flexibility index (Phi) is 4.92. The third kappa shape index (κ3) is 3.58. The van der Waals surface area contributed by atoms with Crippen molar-refractivity contribution in [3.8, 4) is 0 Å². The summed E-state index contributed by atoms with van der Waals surface area (Å²) in [6, 6.07) is 0.786. The van der Waals surface area contributed by atoms with Gasteiger partial charge in [-0.1, -0.05) is 0 Å². The molecule has 9 heteroatoms. The Bertz CT molecular complexity index is 585. The number of nitrogens with zero attached hydrogens (tertiary/aromatic N) is 1. The molecular formula is C12H12F4N2O2S. The molecule has 0 aromatic carbocycles. The number of hydrogen-bond acceptors (Lipinski definition) is 3. The van der Waals surface area contributed by atoms with Gasteiger partial charge in [-0.25, -0.2) is 17.6 Å². The lowest BCUT2D eigenvalue weighted by molar-refractivity contribution is -0.115. The topological polar surface area (TPSA) is 51.1 Å². The van der Waals surface area contributed by atoms with E-state index in [1.807, 2.05) is 0 Å². The molecule has 0 saturated carbocycles. The second-order valence-corrected chi connectivity index (χ2v) is 5.77. The van der Waals surface area contributed by atoms with Gasteiger partial charge < -0.3 is 9.88 Å². The van der Waals surface area contributed by atoms with Crippen molar-refractivity contribution in [2.24, 2.45) is 0 Å². The van der Waals surface area contributed by atoms with Crippen LogP contribution >= 0.6 is 11.8 Å². The van der Waals surface area contributed by atoms with Crippen LogP contribution in [-0.2, 0) is 11.3 Å². The molecule has 3 unspecified atom stereocenters. The average Bonchev–Trinajstić information content (AvgIpc) is 2.76. The van der Waals surface area contributed by atoms with Crippen molar-refractivity contribution in [1.82, 2.24) is 4.57 Å². The van der Waals surface area contributed by atoms with Crippen LogP contribution in [0.25, 0.3) is 0 Å². The van der Waals surface area contributed by atoms with Crippen LogP contribution in [0.15, 0.2) is 17.1 Å². The van der Waals surface area contributed by atoms with Crippen LogP contribution in [0.4, 0.5) is 23.2 Å². The van der Waals surface area contributed by atoms with Crippen molar-refractivity contribution in [3.05, 3.63) is 28.4 Å². The number of carbonyl (C=O) groups excluding carboxylic acids is 1. The van der Waals surface area contributed by atoms with Crippen LogP contribution in [0.2, 0.25) is 0 Å². The highest BCUT2D eigenvalue weighted by molar-refractivity contribution is 8.01. The monoisotopic (exact) mass is 324 g/mol. The van der Waals surface area contributed by atoms with E-state index in [-0.39, 0.29) is 18.7 Å². The molecule has 0 spiro atoms. The molecule has 2 rings (SSSR count). The fourth-order valence-electron chi connectivity index (χ4n) is 1.93. The Hall–Kier alpha value is -1.51. The summed E-state index contributed by atoms with van der Waals surface area (Å²) >= 11 is 0.547. The summed E-state index contributed by atoms with van der Waals surface area (Å²) in [7, 11) is 0. The van der Waals surface area contributed by atoms with Crippen molar-refractivity contribution in [1.29, 1.82) is 0 Å². The number of amides is 1. The molecule has 3 atom stereocenters. The van der Waals surface area contributed by atoms with Crippen molar-refractivity contribution in [3.63, 3.8) is 0 Å². The van der Waals surface area contributed by atoms with Gasteiger partial charge in [0.2, 0.25) is 5.91 Å². The van der Waals surface area contributed by atoms with E-state index in [1.54, 1.807) is 0 Å². The third-order valence-electron chi connectivity index (χ3n) is 2.95. The van der Waals surface area contributed by atoms with Crippen molar-refractivity contribution >= 4 is 23.4 Å². The van der Waals surface area contributed by atoms with Gasteiger partial charge in [-0.3, -0.25) is 9.59 Å². The van der Waals surface area contributed by atoms with E-state index in [4.69, 9.17) is 0 Å². The molecule has 1 aromatic rings. The summed E-state index contributed by atoms with van der Waals surface area (Å²) in [5, 5.41) is 1.35. The first-order valence-electron chi connectivity index (χ1n) is 6.12. The van der Waals surface area contributed by atoms with Gasteiger partial charge in [-0.05, 0) is 0 Å². The molecule has 2 heterocycles. The number of carbonyl (C=O) groups is 1. The van der Waals surface area contributed by atoms with Crippen LogP contribution in [0.3, 0.4) is 0 Å². The Morgan fingerprint density at radius 2 is 2.19 bits per heavy atom. The molecule has 1 aliphatic heterocycles. The average molecular weight is 324 g/mol. The highest BCUT2D eigenvalue weighted by atomic mass is 32.2. The lowest BCUT2D eigenvalue weighted by Gasteiger charge is -2.11. The number of nitrogens with one attached hydrogen (secondary N) is 1. The van der Waals surface area contributed by atoms with Gasteiger partial charge in [-0.15, -0.1) is 11.8 Å². The van der Waals surface area contributed by atoms with E-state index < -0.39 is 40.9 Å². The Labute approximate surface area is 121 Å². The van der Waals surface area contributed by atoms with Gasteiger partial charge in [0.1, 0.15) is 12.8 Å². The van der Waals surface area contributed by atoms with Crippen LogP contribution in [0.5, 0.6) is 0 Å². The minimum absolute atomic E-state index is 0.0659. The highest BCUT2D eigenvalue weighted by Gasteiger charge is 2.39. The number of halogens is 4. The second kappa shape index (κ2) is 6.50. The summed E-state index contributed by atoms with van der Waals surface area (Å²) in [4.78, 5) is 23.2. The lowest BCUT2D eigenvalue weighted by atomic mass is 10.2. The SMILES string of the molecule is O=C(Nc1cc(F)c(=O)n(CCF)c1)C1CC(F)C(F)S1. The molecule has 1 N–H and O–H groups in total. The van der Waals surface area contributed by atoms with E-state index in [9.17, 15) is 27.2 Å². The maximum absolute atomic E-state index is 13.4. The minimum Gasteiger partial charge on any atom is -0.324 e. The van der Waals surface area contributed by atoms with E-state index in [0.29, 0.717) is 11.8 Å². The maximum Gasteiger partial charge on any atom is 0.286 e. The zero-order valence-electron chi connectivity index (χ0n) is 10.7. The first-order valence-corrected chi connectivity index (χ1v) is 7.07. The fourth-order valence-corrected chi connectivity index (χ4v) is 3.00. The standard InChI is InChI=1S/C12H12F4N2O2S/c13-1-2-18-5-6(3-8(15)12(18)20)17-11(19)9-4-7(14)10(16)21-9/h3,5,7,9-10H,1-2,4H2,(H,17,19). The number of pyridine rings is 1. The molecule has 1 aliphatic rings. The first kappa shape index (κ1) is 15.9. The number of aryl methyl sites for hydroxylation is 1. The summed E-state index contributed by atoms with van der Waals surface area (Å²) in [6.07, 6.45) is -0.907. The summed E-state index contributed by atoms with van der Waals surface area (Å²) in [6.45, 7) is -1.22. The van der Waals surface area contributed by atoms with Crippen LogP contribution in [0.1, 0.15) is 6.42 Å². The molecule has 1 fully saturated rings. The van der Waals surface area contributed by atoms with Crippen molar-refractivity contribution < 1.29 is 22.4 Å². The van der Waals surface area contributed by atoms with Gasteiger partial charge >= 0.3 is 0 Å². The van der Waals surface area contributed by atoms with Gasteiger partial charge in [-0.2, -0.15) is 0 Å². The van der Waals surface area contributed by atoms with Gasteiger partial charge in [0, 0.05) is 18.7 Å². The second-order valence-electron chi connectivity index (χ2n) is 4.48. The van der Waals surface area contributed by atoms with Crippen molar-refractivity contribution in [2.75, 3.05) is 12.0 Å². The van der Waals surface area contributed by atoms with Gasteiger partial charge in [0.05, 0.1) is 17.5 Å². The van der Waals surface area contributed by atoms with E-state index in [0.717, 1.165) is 16.8 Å². The lowest BCUT2D eigenvalue weighted by Crippen LogP contribution is -2.27. The van der Waals surface area contributed by atoms with Gasteiger partial charge in [0.15, 0.2) is 11.3 Å². The molecule has 116 valence electrons. The highest BCUT2D eigenvalue weighted by Crippen LogP contribution is 2.37. The largest absolute Gasteiger partial charge is 0.324 e. The van der Waals surface area contributed by atoms with E-state index in [1.165, 1.54) is 0 Å². The number of anilines is 1. The Morgan fingerprint density at radius 1 is 1.48 bits per heavy atom. The fraction of sp³-hybridized carbons (Fsp3) is 0.500. The molecule has 1 aromatic heterocycles. The molecule has 0 bridgehead atoms. The quantitative estimate of drug-likeness (QED) is 0.862. The molecule has 0 radical (unpaired) electrons. The molecule has 0 aliphatic carbocycles. The number of thioether (sulfide) groups is 1. The maximum atomic E-state index is 13.4. The summed E-state index contributed by atoms with van der Waals surface area (Å²) in [5.74, 6) is -1.83. The third-order valence-corrected chi connectivity index (χ3v) is 4.24. The molecule has 21 heavy (non-hydrogen) atoms. The first-order chi connectivity index (χ1) is 9.92. The normalized spacial score (nSPS) is 25.0. The number of alkyl halides is 3. The van der Waals surface area contributed by atoms with Crippen molar-refractivity contribution in [2.45, 2.75) is 29.9 Å². The summed E-state index contributed by atoms with van der Waals surface area (Å²) in [5.41, 5.74) is -2.84. The van der Waals surface area contributed by atoms with Crippen LogP contribution < -0.4 is 10.9 Å². The number of aromatic nitrogens is 1. The smallest absolute Gasteiger partial charge is 0.286 e.